The number of nitrogens with zero attached hydrogens (tertiary/aromatic N) is 2. The average Bonchev–Trinajstić information content (AvgIpc) is 2.34. The molecule has 0 radical (unpaired) electrons. The van der Waals surface area contributed by atoms with Crippen LogP contribution in [0.25, 0.3) is 0 Å². The van der Waals surface area contributed by atoms with Crippen molar-refractivity contribution in [3.63, 3.8) is 0 Å². The van der Waals surface area contributed by atoms with E-state index in [0.29, 0.717) is 18.3 Å². The van der Waals surface area contributed by atoms with Crippen molar-refractivity contribution in [2.24, 2.45) is 5.92 Å². The zero-order valence-electron chi connectivity index (χ0n) is 11.5. The highest BCUT2D eigenvalue weighted by Crippen LogP contribution is 2.09. The van der Waals surface area contributed by atoms with E-state index in [1.54, 1.807) is 6.07 Å². The van der Waals surface area contributed by atoms with Gasteiger partial charge in [-0.15, -0.1) is 0 Å². The number of anilines is 2. The van der Waals surface area contributed by atoms with Gasteiger partial charge in [0.25, 0.3) is 0 Å². The predicted octanol–water partition coefficient (Wildman–Crippen LogP) is 2.21. The van der Waals surface area contributed by atoms with Crippen molar-refractivity contribution in [3.8, 4) is 0 Å². The standard InChI is InChI=1S/C13H22N4O2/c1-10(2)4-3-6-14-11-8-12(17-9-16-11)15-7-5-13(18)19/h8-10H,3-7H2,1-2H3,(H,18,19)(H2,14,15,16,17). The summed E-state index contributed by atoms with van der Waals surface area (Å²) >= 11 is 0. The molecule has 1 rings (SSSR count). The van der Waals surface area contributed by atoms with E-state index in [1.165, 1.54) is 12.7 Å². The molecule has 0 fully saturated rings. The molecule has 0 saturated heterocycles. The Morgan fingerprint density at radius 1 is 1.26 bits per heavy atom. The normalized spacial score (nSPS) is 10.5. The third-order valence-corrected chi connectivity index (χ3v) is 2.58. The molecule has 0 aliphatic heterocycles. The van der Waals surface area contributed by atoms with Crippen LogP contribution >= 0.6 is 0 Å². The van der Waals surface area contributed by atoms with Crippen LogP contribution in [-0.2, 0) is 4.79 Å². The SMILES string of the molecule is CC(C)CCCNc1cc(NCCC(=O)O)ncn1. The summed E-state index contributed by atoms with van der Waals surface area (Å²) in [5.41, 5.74) is 0. The summed E-state index contributed by atoms with van der Waals surface area (Å²) in [6, 6.07) is 1.79. The summed E-state index contributed by atoms with van der Waals surface area (Å²) in [6.07, 6.45) is 3.82. The predicted molar refractivity (Wildman–Crippen MR) is 75.3 cm³/mol. The van der Waals surface area contributed by atoms with Crippen LogP contribution in [0, 0.1) is 5.92 Å². The molecule has 19 heavy (non-hydrogen) atoms. The van der Waals surface area contributed by atoms with Crippen LogP contribution in [0.5, 0.6) is 0 Å². The quantitative estimate of drug-likeness (QED) is 0.594. The molecule has 106 valence electrons. The van der Waals surface area contributed by atoms with Crippen LogP contribution in [0.3, 0.4) is 0 Å². The number of aliphatic carboxylic acids is 1. The summed E-state index contributed by atoms with van der Waals surface area (Å²) in [5, 5.41) is 14.7. The minimum absolute atomic E-state index is 0.0706. The van der Waals surface area contributed by atoms with Crippen LogP contribution in [0.4, 0.5) is 11.6 Å². The van der Waals surface area contributed by atoms with E-state index >= 15 is 0 Å². The van der Waals surface area contributed by atoms with Crippen molar-refractivity contribution in [2.45, 2.75) is 33.1 Å². The van der Waals surface area contributed by atoms with Gasteiger partial charge in [0.1, 0.15) is 18.0 Å². The lowest BCUT2D eigenvalue weighted by atomic mass is 10.1. The lowest BCUT2D eigenvalue weighted by Crippen LogP contribution is -2.10. The molecule has 6 nitrogen and oxygen atoms in total. The second-order valence-electron chi connectivity index (χ2n) is 4.82. The smallest absolute Gasteiger partial charge is 0.305 e. The van der Waals surface area contributed by atoms with E-state index in [0.717, 1.165) is 18.8 Å². The Hall–Kier alpha value is -1.85. The summed E-state index contributed by atoms with van der Waals surface area (Å²) in [7, 11) is 0. The molecule has 0 aromatic carbocycles. The zero-order chi connectivity index (χ0) is 14.1. The van der Waals surface area contributed by atoms with Crippen molar-refractivity contribution >= 4 is 17.6 Å². The second-order valence-corrected chi connectivity index (χ2v) is 4.82. The van der Waals surface area contributed by atoms with Crippen molar-refractivity contribution in [1.82, 2.24) is 9.97 Å². The fourth-order valence-corrected chi connectivity index (χ4v) is 1.57. The van der Waals surface area contributed by atoms with Gasteiger partial charge in [-0.2, -0.15) is 0 Å². The first-order chi connectivity index (χ1) is 9.08. The number of hydrogen-bond acceptors (Lipinski definition) is 5. The molecule has 0 spiro atoms. The van der Waals surface area contributed by atoms with E-state index in [2.05, 4.69) is 34.4 Å². The van der Waals surface area contributed by atoms with Crippen molar-refractivity contribution in [1.29, 1.82) is 0 Å². The van der Waals surface area contributed by atoms with Gasteiger partial charge in [-0.25, -0.2) is 9.97 Å². The number of aromatic nitrogens is 2. The van der Waals surface area contributed by atoms with Gasteiger partial charge in [-0.3, -0.25) is 4.79 Å². The minimum Gasteiger partial charge on any atom is -0.481 e. The van der Waals surface area contributed by atoms with Gasteiger partial charge in [0.05, 0.1) is 6.42 Å². The molecule has 0 unspecified atom stereocenters. The molecule has 1 heterocycles. The molecular formula is C13H22N4O2. The maximum atomic E-state index is 10.4. The van der Waals surface area contributed by atoms with Crippen molar-refractivity contribution in [2.75, 3.05) is 23.7 Å². The Bertz CT molecular complexity index is 396. The van der Waals surface area contributed by atoms with E-state index in [9.17, 15) is 4.79 Å². The number of nitrogens with one attached hydrogen (secondary N) is 2. The highest BCUT2D eigenvalue weighted by atomic mass is 16.4. The summed E-state index contributed by atoms with van der Waals surface area (Å²) in [6.45, 7) is 5.65. The molecule has 0 aliphatic carbocycles. The highest BCUT2D eigenvalue weighted by Gasteiger charge is 2.00. The molecule has 3 N–H and O–H groups in total. The number of rotatable bonds is 9. The minimum atomic E-state index is -0.825. The molecule has 1 aromatic heterocycles. The summed E-state index contributed by atoms with van der Waals surface area (Å²) in [5.74, 6) is 1.29. The molecule has 0 atom stereocenters. The molecule has 0 aliphatic rings. The van der Waals surface area contributed by atoms with E-state index in [1.807, 2.05) is 0 Å². The van der Waals surface area contributed by atoms with Gasteiger partial charge in [-0.1, -0.05) is 13.8 Å². The molecule has 6 heteroatoms. The lowest BCUT2D eigenvalue weighted by Gasteiger charge is -2.08. The first-order valence-corrected chi connectivity index (χ1v) is 6.59. The topological polar surface area (TPSA) is 87.1 Å². The second kappa shape index (κ2) is 8.29. The fraction of sp³-hybridized carbons (Fsp3) is 0.615. The Labute approximate surface area is 113 Å². The molecule has 0 bridgehead atoms. The number of carboxylic acids is 1. The summed E-state index contributed by atoms with van der Waals surface area (Å²) in [4.78, 5) is 18.6. The van der Waals surface area contributed by atoms with Crippen molar-refractivity contribution in [3.05, 3.63) is 12.4 Å². The largest absolute Gasteiger partial charge is 0.481 e. The average molecular weight is 266 g/mol. The maximum absolute atomic E-state index is 10.4. The monoisotopic (exact) mass is 266 g/mol. The highest BCUT2D eigenvalue weighted by molar-refractivity contribution is 5.67. The van der Waals surface area contributed by atoms with Crippen LogP contribution < -0.4 is 10.6 Å². The van der Waals surface area contributed by atoms with Gasteiger partial charge in [-0.05, 0) is 18.8 Å². The number of carboxylic acid groups (broad SMARTS) is 1. The van der Waals surface area contributed by atoms with Crippen LogP contribution in [0.2, 0.25) is 0 Å². The van der Waals surface area contributed by atoms with E-state index in [4.69, 9.17) is 5.11 Å². The van der Waals surface area contributed by atoms with Crippen LogP contribution in [0.15, 0.2) is 12.4 Å². The molecule has 0 saturated carbocycles. The first-order valence-electron chi connectivity index (χ1n) is 6.59. The molecule has 1 aromatic rings. The van der Waals surface area contributed by atoms with Crippen molar-refractivity contribution < 1.29 is 9.90 Å². The Morgan fingerprint density at radius 3 is 2.47 bits per heavy atom. The van der Waals surface area contributed by atoms with Gasteiger partial charge in [0, 0.05) is 19.2 Å². The molecule has 0 amide bonds. The maximum Gasteiger partial charge on any atom is 0.305 e. The van der Waals surface area contributed by atoms with Gasteiger partial charge in [0.2, 0.25) is 0 Å². The van der Waals surface area contributed by atoms with Gasteiger partial charge < -0.3 is 15.7 Å². The summed E-state index contributed by atoms with van der Waals surface area (Å²) < 4.78 is 0. The van der Waals surface area contributed by atoms with Crippen LogP contribution in [0.1, 0.15) is 33.1 Å². The van der Waals surface area contributed by atoms with E-state index < -0.39 is 5.97 Å². The van der Waals surface area contributed by atoms with E-state index in [-0.39, 0.29) is 6.42 Å². The Balaban J connectivity index is 2.32. The Morgan fingerprint density at radius 2 is 1.89 bits per heavy atom. The molecular weight excluding hydrogens is 244 g/mol. The Kier molecular flexibility index (Phi) is 6.63. The third-order valence-electron chi connectivity index (χ3n) is 2.58. The fourth-order valence-electron chi connectivity index (χ4n) is 1.57. The van der Waals surface area contributed by atoms with Crippen LogP contribution in [-0.4, -0.2) is 34.1 Å². The lowest BCUT2D eigenvalue weighted by molar-refractivity contribution is -0.136. The third kappa shape index (κ3) is 7.23. The number of carbonyl (C=O) groups is 1. The first kappa shape index (κ1) is 15.2. The van der Waals surface area contributed by atoms with Gasteiger partial charge in [0.15, 0.2) is 0 Å². The number of hydrogen-bond donors (Lipinski definition) is 3. The zero-order valence-corrected chi connectivity index (χ0v) is 11.5. The van der Waals surface area contributed by atoms with Gasteiger partial charge >= 0.3 is 5.97 Å².